The zero-order chi connectivity index (χ0) is 22.2. The summed E-state index contributed by atoms with van der Waals surface area (Å²) in [6.07, 6.45) is -0.145. The topological polar surface area (TPSA) is 73.9 Å². The number of rotatable bonds is 10. The number of hydrogen-bond donors (Lipinski definition) is 2. The smallest absolute Gasteiger partial charge is 0.160 e. The van der Waals surface area contributed by atoms with Crippen LogP contribution in [0.15, 0.2) is 72.8 Å². The van der Waals surface area contributed by atoms with Crippen molar-refractivity contribution >= 4 is 0 Å². The average molecular weight is 422 g/mol. The van der Waals surface area contributed by atoms with Gasteiger partial charge in [0.25, 0.3) is 0 Å². The summed E-state index contributed by atoms with van der Waals surface area (Å²) in [6, 6.07) is 22.8. The first-order valence-corrected chi connectivity index (χ1v) is 10.4. The van der Waals surface area contributed by atoms with Gasteiger partial charge in [-0.1, -0.05) is 61.5 Å². The van der Waals surface area contributed by atoms with Crippen LogP contribution in [0.5, 0.6) is 17.2 Å². The Hall–Kier alpha value is -3.02. The lowest BCUT2D eigenvalue weighted by atomic mass is 9.88. The molecule has 5 heteroatoms. The zero-order valence-electron chi connectivity index (χ0n) is 18.3. The SMILES string of the molecule is COc1ccc(CC(C)C(N)C(O)c2ccccc2OCc2ccccc2)cc1OC. The van der Waals surface area contributed by atoms with Gasteiger partial charge in [0, 0.05) is 11.6 Å². The van der Waals surface area contributed by atoms with Gasteiger partial charge in [-0.15, -0.1) is 0 Å². The van der Waals surface area contributed by atoms with E-state index in [1.165, 1.54) is 0 Å². The molecule has 0 saturated heterocycles. The molecular weight excluding hydrogens is 390 g/mol. The molecule has 31 heavy (non-hydrogen) atoms. The van der Waals surface area contributed by atoms with Crippen LogP contribution in [0.2, 0.25) is 0 Å². The number of aliphatic hydroxyl groups is 1. The average Bonchev–Trinajstić information content (AvgIpc) is 2.82. The van der Waals surface area contributed by atoms with Crippen molar-refractivity contribution in [1.29, 1.82) is 0 Å². The normalized spacial score (nSPS) is 13.8. The third-order valence-corrected chi connectivity index (χ3v) is 5.50. The van der Waals surface area contributed by atoms with Crippen LogP contribution in [0.25, 0.3) is 0 Å². The molecular formula is C26H31NO4. The first-order valence-electron chi connectivity index (χ1n) is 10.4. The maximum Gasteiger partial charge on any atom is 0.160 e. The van der Waals surface area contributed by atoms with Gasteiger partial charge in [0.05, 0.1) is 20.3 Å². The molecule has 0 heterocycles. The first kappa shape index (κ1) is 22.7. The van der Waals surface area contributed by atoms with Crippen molar-refractivity contribution in [3.63, 3.8) is 0 Å². The van der Waals surface area contributed by atoms with E-state index in [4.69, 9.17) is 19.9 Å². The molecule has 0 aliphatic heterocycles. The van der Waals surface area contributed by atoms with Crippen molar-refractivity contribution in [3.8, 4) is 17.2 Å². The lowest BCUT2D eigenvalue weighted by molar-refractivity contribution is 0.117. The first-order chi connectivity index (χ1) is 15.0. The highest BCUT2D eigenvalue weighted by Crippen LogP contribution is 2.32. The fraction of sp³-hybridized carbons (Fsp3) is 0.308. The van der Waals surface area contributed by atoms with Crippen LogP contribution in [0.4, 0.5) is 0 Å². The lowest BCUT2D eigenvalue weighted by Crippen LogP contribution is -2.36. The largest absolute Gasteiger partial charge is 0.493 e. The molecule has 3 unspecified atom stereocenters. The minimum atomic E-state index is -0.845. The summed E-state index contributed by atoms with van der Waals surface area (Å²) in [5.41, 5.74) is 9.32. The highest BCUT2D eigenvalue weighted by molar-refractivity contribution is 5.43. The maximum atomic E-state index is 11.0. The third kappa shape index (κ3) is 5.78. The monoisotopic (exact) mass is 421 g/mol. The molecule has 164 valence electrons. The summed E-state index contributed by atoms with van der Waals surface area (Å²) in [7, 11) is 3.23. The molecule has 0 radical (unpaired) electrons. The molecule has 3 atom stereocenters. The Kier molecular flexibility index (Phi) is 7.93. The van der Waals surface area contributed by atoms with Gasteiger partial charge in [0.1, 0.15) is 12.4 Å². The van der Waals surface area contributed by atoms with Crippen molar-refractivity contribution in [2.45, 2.75) is 32.1 Å². The van der Waals surface area contributed by atoms with E-state index in [0.717, 1.165) is 11.1 Å². The minimum Gasteiger partial charge on any atom is -0.493 e. The molecule has 3 rings (SSSR count). The van der Waals surface area contributed by atoms with Crippen LogP contribution in [-0.2, 0) is 13.0 Å². The van der Waals surface area contributed by atoms with Crippen molar-refractivity contribution in [2.75, 3.05) is 14.2 Å². The standard InChI is InChI=1S/C26H31NO4/c1-18(15-20-13-14-23(29-2)24(16-20)30-3)25(27)26(28)21-11-7-8-12-22(21)31-17-19-9-5-4-6-10-19/h4-14,16,18,25-26,28H,15,17,27H2,1-3H3. The number of methoxy groups -OCH3 is 2. The van der Waals surface area contributed by atoms with E-state index in [-0.39, 0.29) is 5.92 Å². The molecule has 3 aromatic rings. The van der Waals surface area contributed by atoms with Crippen LogP contribution in [0, 0.1) is 5.92 Å². The van der Waals surface area contributed by atoms with Gasteiger partial charge in [0.2, 0.25) is 0 Å². The predicted octanol–water partition coefficient (Wildman–Crippen LogP) is 4.52. The quantitative estimate of drug-likeness (QED) is 0.503. The van der Waals surface area contributed by atoms with Crippen LogP contribution in [0.1, 0.15) is 29.7 Å². The number of aliphatic hydroxyl groups excluding tert-OH is 1. The molecule has 0 aromatic heterocycles. The molecule has 0 aliphatic rings. The number of nitrogens with two attached hydrogens (primary N) is 1. The molecule has 0 aliphatic carbocycles. The summed E-state index contributed by atoms with van der Waals surface area (Å²) >= 11 is 0. The van der Waals surface area contributed by atoms with Gasteiger partial charge in [-0.2, -0.15) is 0 Å². The summed E-state index contributed by atoms with van der Waals surface area (Å²) in [4.78, 5) is 0. The molecule has 0 amide bonds. The summed E-state index contributed by atoms with van der Waals surface area (Å²) in [6.45, 7) is 2.47. The number of ether oxygens (including phenoxy) is 3. The Morgan fingerprint density at radius 3 is 2.19 bits per heavy atom. The minimum absolute atomic E-state index is 0.0234. The second-order valence-electron chi connectivity index (χ2n) is 7.71. The van der Waals surface area contributed by atoms with Crippen molar-refractivity contribution in [3.05, 3.63) is 89.5 Å². The second kappa shape index (κ2) is 10.8. The molecule has 0 saturated carbocycles. The van der Waals surface area contributed by atoms with Gasteiger partial charge in [-0.05, 0) is 41.7 Å². The molecule has 0 fully saturated rings. The van der Waals surface area contributed by atoms with Crippen molar-refractivity contribution in [1.82, 2.24) is 0 Å². The Bertz CT molecular complexity index is 961. The van der Waals surface area contributed by atoms with E-state index >= 15 is 0 Å². The fourth-order valence-electron chi connectivity index (χ4n) is 3.63. The van der Waals surface area contributed by atoms with Gasteiger partial charge >= 0.3 is 0 Å². The Balaban J connectivity index is 1.70. The lowest BCUT2D eigenvalue weighted by Gasteiger charge is -2.27. The molecule has 3 aromatic carbocycles. The van der Waals surface area contributed by atoms with Crippen LogP contribution in [0.3, 0.4) is 0 Å². The van der Waals surface area contributed by atoms with Crippen LogP contribution >= 0.6 is 0 Å². The van der Waals surface area contributed by atoms with Crippen molar-refractivity contribution in [2.24, 2.45) is 11.7 Å². The molecule has 0 bridgehead atoms. The summed E-state index contributed by atoms with van der Waals surface area (Å²) in [5, 5.41) is 11.0. The number of benzene rings is 3. The van der Waals surface area contributed by atoms with E-state index in [2.05, 4.69) is 0 Å². The van der Waals surface area contributed by atoms with Gasteiger partial charge < -0.3 is 25.1 Å². The number of hydrogen-bond acceptors (Lipinski definition) is 5. The van der Waals surface area contributed by atoms with Gasteiger partial charge in [-0.25, -0.2) is 0 Å². The Labute approximate surface area is 184 Å². The van der Waals surface area contributed by atoms with Crippen LogP contribution < -0.4 is 19.9 Å². The number of para-hydroxylation sites is 1. The Morgan fingerprint density at radius 2 is 1.48 bits per heavy atom. The van der Waals surface area contributed by atoms with E-state index < -0.39 is 12.1 Å². The van der Waals surface area contributed by atoms with E-state index in [0.29, 0.717) is 35.8 Å². The summed E-state index contributed by atoms with van der Waals surface area (Å²) < 4.78 is 16.7. The molecule has 5 nitrogen and oxygen atoms in total. The van der Waals surface area contributed by atoms with Gasteiger partial charge in [-0.3, -0.25) is 0 Å². The maximum absolute atomic E-state index is 11.0. The van der Waals surface area contributed by atoms with E-state index in [1.54, 1.807) is 14.2 Å². The summed E-state index contributed by atoms with van der Waals surface area (Å²) in [5.74, 6) is 2.04. The Morgan fingerprint density at radius 1 is 0.806 bits per heavy atom. The third-order valence-electron chi connectivity index (χ3n) is 5.50. The van der Waals surface area contributed by atoms with Gasteiger partial charge in [0.15, 0.2) is 11.5 Å². The highest BCUT2D eigenvalue weighted by atomic mass is 16.5. The molecule has 0 spiro atoms. The zero-order valence-corrected chi connectivity index (χ0v) is 18.3. The fourth-order valence-corrected chi connectivity index (χ4v) is 3.63. The van der Waals surface area contributed by atoms with Crippen LogP contribution in [-0.4, -0.2) is 25.4 Å². The van der Waals surface area contributed by atoms with E-state index in [1.807, 2.05) is 79.7 Å². The van der Waals surface area contributed by atoms with Crippen molar-refractivity contribution < 1.29 is 19.3 Å². The van der Waals surface area contributed by atoms with E-state index in [9.17, 15) is 5.11 Å². The predicted molar refractivity (Wildman–Crippen MR) is 123 cm³/mol. The molecule has 3 N–H and O–H groups in total. The highest BCUT2D eigenvalue weighted by Gasteiger charge is 2.26. The second-order valence-corrected chi connectivity index (χ2v) is 7.71.